The van der Waals surface area contributed by atoms with Crippen molar-refractivity contribution in [3.8, 4) is 5.75 Å². The van der Waals surface area contributed by atoms with E-state index in [4.69, 9.17) is 4.74 Å². The van der Waals surface area contributed by atoms with Crippen LogP contribution in [0.15, 0.2) is 30.3 Å². The van der Waals surface area contributed by atoms with Gasteiger partial charge in [0, 0.05) is 61.3 Å². The zero-order valence-corrected chi connectivity index (χ0v) is 12.7. The van der Waals surface area contributed by atoms with Crippen molar-refractivity contribution in [3.05, 3.63) is 35.9 Å². The largest absolute Gasteiger partial charge is 0.489 e. The molecular weight excluding hydrogens is 372 g/mol. The smallest absolute Gasteiger partial charge is 0.126 e. The first-order valence-electron chi connectivity index (χ1n) is 3.35. The van der Waals surface area contributed by atoms with Crippen molar-refractivity contribution in [2.24, 2.45) is 0 Å². The minimum Gasteiger partial charge on any atom is -0.489 e. The van der Waals surface area contributed by atoms with Crippen LogP contribution in [0.3, 0.4) is 0 Å². The second-order valence-electron chi connectivity index (χ2n) is 2.25. The first kappa shape index (κ1) is 16.0. The Morgan fingerprint density at radius 1 is 1.15 bits per heavy atom. The minimum atomic E-state index is 0. The van der Waals surface area contributed by atoms with E-state index in [0.717, 1.165) is 5.75 Å². The zero-order valence-electron chi connectivity index (χ0n) is 6.90. The Morgan fingerprint density at radius 2 is 1.85 bits per heavy atom. The van der Waals surface area contributed by atoms with Crippen LogP contribution in [0.2, 0.25) is 0 Å². The van der Waals surface area contributed by atoms with Crippen molar-refractivity contribution in [3.63, 3.8) is 0 Å². The van der Waals surface area contributed by atoms with Crippen molar-refractivity contribution in [1.29, 1.82) is 0 Å². The quantitative estimate of drug-likeness (QED) is 0.618. The van der Waals surface area contributed by atoms with Gasteiger partial charge in [0.25, 0.3) is 0 Å². The summed E-state index contributed by atoms with van der Waals surface area (Å²) in [5, 5.41) is 0. The fourth-order valence-corrected chi connectivity index (χ4v) is 1.06. The fourth-order valence-electron chi connectivity index (χ4n) is 1.06. The normalized spacial score (nSPS) is 10.8. The number of fused-ring (bicyclic) bond motifs is 1. The number of hydrogen-bond acceptors (Lipinski definition) is 1. The van der Waals surface area contributed by atoms with Gasteiger partial charge in [0.15, 0.2) is 0 Å². The Labute approximate surface area is 114 Å². The molecule has 1 aliphatic heterocycles. The van der Waals surface area contributed by atoms with E-state index in [1.165, 1.54) is 5.56 Å². The maximum absolute atomic E-state index is 5.34. The van der Waals surface area contributed by atoms with Crippen LogP contribution in [0.5, 0.6) is 5.75 Å². The third-order valence-corrected chi connectivity index (χ3v) is 1.55. The Kier molecular flexibility index (Phi) is 9.66. The number of ether oxygens (including phenoxy) is 1. The molecule has 0 N–H and O–H groups in total. The van der Waals surface area contributed by atoms with Gasteiger partial charge >= 0.3 is 0 Å². The fraction of sp³-hybridized carbons (Fsp3) is 0.111. The van der Waals surface area contributed by atoms with E-state index >= 15 is 0 Å². The van der Waals surface area contributed by atoms with E-state index in [-0.39, 0.29) is 55.7 Å². The summed E-state index contributed by atoms with van der Waals surface area (Å²) in [5.74, 6) is 0.991. The third kappa shape index (κ3) is 4.03. The molecule has 1 aliphatic rings. The molecule has 0 bridgehead atoms. The Hall–Kier alpha value is 0.511. The molecule has 66 valence electrons. The molecule has 0 spiro atoms. The minimum absolute atomic E-state index is 0. The molecule has 0 atom stereocenters. The third-order valence-electron chi connectivity index (χ3n) is 1.55. The van der Waals surface area contributed by atoms with Crippen LogP contribution in [0.1, 0.15) is 5.56 Å². The number of hydrogen-bond donors (Lipinski definition) is 0. The van der Waals surface area contributed by atoms with Gasteiger partial charge in [-0.1, -0.05) is 24.3 Å². The Morgan fingerprint density at radius 3 is 2.54 bits per heavy atom. The molecule has 13 heavy (non-hydrogen) atoms. The second kappa shape index (κ2) is 7.87. The maximum atomic E-state index is 5.34. The summed E-state index contributed by atoms with van der Waals surface area (Å²) < 4.78 is 5.34. The van der Waals surface area contributed by atoms with E-state index in [1.807, 2.05) is 30.3 Å². The van der Waals surface area contributed by atoms with Crippen LogP contribution >= 0.6 is 0 Å². The van der Waals surface area contributed by atoms with Crippen LogP contribution < -0.4 is 4.74 Å². The predicted molar refractivity (Wildman–Crippen MR) is 52.5 cm³/mol. The van der Waals surface area contributed by atoms with Gasteiger partial charge in [0.05, 0.1) is 0 Å². The predicted octanol–water partition coefficient (Wildman–Crippen LogP) is 1.33. The molecule has 0 unspecified atom stereocenters. The van der Waals surface area contributed by atoms with Crippen molar-refractivity contribution in [1.82, 2.24) is 0 Å². The van der Waals surface area contributed by atoms with Crippen molar-refractivity contribution >= 4 is 40.7 Å². The number of benzene rings is 1. The monoisotopic (exact) mass is 384 g/mol. The van der Waals surface area contributed by atoms with E-state index in [1.54, 1.807) is 0 Å². The molecule has 6 radical (unpaired) electrons. The number of rotatable bonds is 0. The molecule has 4 heteroatoms. The topological polar surface area (TPSA) is 9.23 Å². The summed E-state index contributed by atoms with van der Waals surface area (Å²) in [6, 6.07) is 8.03. The van der Waals surface area contributed by atoms with Gasteiger partial charge in [-0.2, -0.15) is 0 Å². The van der Waals surface area contributed by atoms with E-state index in [2.05, 4.69) is 6.08 Å². The summed E-state index contributed by atoms with van der Waals surface area (Å²) in [4.78, 5) is 0. The van der Waals surface area contributed by atoms with Gasteiger partial charge in [0.2, 0.25) is 0 Å². The molecule has 1 nitrogen and oxygen atoms in total. The molecule has 1 aromatic carbocycles. The van der Waals surface area contributed by atoms with E-state index in [9.17, 15) is 0 Å². The molecule has 0 saturated heterocycles. The zero-order chi connectivity index (χ0) is 6.81. The molecule has 2 rings (SSSR count). The van der Waals surface area contributed by atoms with Crippen LogP contribution in [0.4, 0.5) is 0 Å². The van der Waals surface area contributed by atoms with Crippen LogP contribution in [0, 0.1) is 0 Å². The van der Waals surface area contributed by atoms with Crippen LogP contribution in [-0.4, -0.2) is 41.3 Å². The molecule has 0 aromatic heterocycles. The van der Waals surface area contributed by atoms with Crippen molar-refractivity contribution < 1.29 is 25.8 Å². The Balaban J connectivity index is 0. The molecule has 1 heterocycles. The van der Waals surface area contributed by atoms with E-state index < -0.39 is 0 Å². The maximum Gasteiger partial charge on any atom is 0.126 e. The second-order valence-corrected chi connectivity index (χ2v) is 2.25. The number of para-hydroxylation sites is 1. The van der Waals surface area contributed by atoms with Gasteiger partial charge in [-0.05, 0) is 12.1 Å². The van der Waals surface area contributed by atoms with Crippen molar-refractivity contribution in [2.75, 3.05) is 6.61 Å². The molecule has 0 aliphatic carbocycles. The first-order valence-corrected chi connectivity index (χ1v) is 3.35. The summed E-state index contributed by atoms with van der Waals surface area (Å²) in [6.45, 7) is 0.705. The van der Waals surface area contributed by atoms with Gasteiger partial charge in [-0.15, -0.1) is 0 Å². The summed E-state index contributed by atoms with van der Waals surface area (Å²) in [6.07, 6.45) is 4.10. The molecule has 0 amide bonds. The van der Waals surface area contributed by atoms with Crippen LogP contribution in [-0.2, 0) is 21.1 Å². The van der Waals surface area contributed by atoms with E-state index in [0.29, 0.717) is 6.61 Å². The average Bonchev–Trinajstić information content (AvgIpc) is 2.05. The van der Waals surface area contributed by atoms with Gasteiger partial charge in [-0.3, -0.25) is 0 Å². The summed E-state index contributed by atoms with van der Waals surface area (Å²) in [7, 11) is 0. The van der Waals surface area contributed by atoms with Gasteiger partial charge in [0.1, 0.15) is 12.4 Å². The SMILES string of the molecule is C1=Cc2ccccc2OC1.[Ge].[Mo].[Se]. The summed E-state index contributed by atoms with van der Waals surface area (Å²) >= 11 is 0. The molecular formula is C9H8GeMoOSe. The molecule has 0 fully saturated rings. The molecule has 0 saturated carbocycles. The Bertz CT molecular complexity index is 278. The van der Waals surface area contributed by atoms with Gasteiger partial charge < -0.3 is 4.74 Å². The summed E-state index contributed by atoms with van der Waals surface area (Å²) in [5.41, 5.74) is 1.17. The first-order chi connectivity index (χ1) is 4.97. The average molecular weight is 380 g/mol. The van der Waals surface area contributed by atoms with Crippen LogP contribution in [0.25, 0.3) is 6.08 Å². The van der Waals surface area contributed by atoms with Gasteiger partial charge in [-0.25, -0.2) is 0 Å². The standard InChI is InChI=1S/C9H8O.Ge.Mo.Se/c1-2-6-9-8(4-1)5-3-7-10-9;;;/h1-6H,7H2;;;. The van der Waals surface area contributed by atoms with Crippen molar-refractivity contribution in [2.45, 2.75) is 0 Å². The molecule has 1 aromatic rings.